The van der Waals surface area contributed by atoms with Crippen molar-refractivity contribution < 1.29 is 14.3 Å². The van der Waals surface area contributed by atoms with Crippen molar-refractivity contribution in [1.82, 2.24) is 4.57 Å². The van der Waals surface area contributed by atoms with E-state index in [0.717, 1.165) is 47.0 Å². The van der Waals surface area contributed by atoms with E-state index in [-0.39, 0.29) is 5.78 Å². The normalized spacial score (nSPS) is 14.0. The molecule has 0 bridgehead atoms. The third kappa shape index (κ3) is 2.20. The number of rotatable bonds is 3. The second kappa shape index (κ2) is 5.28. The van der Waals surface area contributed by atoms with Crippen LogP contribution < -0.4 is 9.47 Å². The third-order valence-corrected chi connectivity index (χ3v) is 4.03. The number of Topliss-reactive ketones (excluding diaryl/α,β-unsaturated/α-hetero) is 1. The fraction of sp³-hybridized carbons (Fsp3) is 0.353. The number of carbonyl (C=O) groups excluding carboxylic acids is 1. The van der Waals surface area contributed by atoms with Gasteiger partial charge < -0.3 is 14.0 Å². The molecule has 0 saturated carbocycles. The number of aryl methyl sites for hydroxylation is 1. The van der Waals surface area contributed by atoms with E-state index in [4.69, 9.17) is 9.47 Å². The van der Waals surface area contributed by atoms with Gasteiger partial charge in [0.25, 0.3) is 0 Å². The summed E-state index contributed by atoms with van der Waals surface area (Å²) in [4.78, 5) is 12.1. The fourth-order valence-electron chi connectivity index (χ4n) is 3.03. The van der Waals surface area contributed by atoms with Crippen LogP contribution in [0.1, 0.15) is 34.6 Å². The first-order valence-electron chi connectivity index (χ1n) is 7.12. The van der Waals surface area contributed by atoms with Crippen LogP contribution in [0.3, 0.4) is 0 Å². The summed E-state index contributed by atoms with van der Waals surface area (Å²) in [6.45, 7) is 2.02. The van der Waals surface area contributed by atoms with Gasteiger partial charge in [0.15, 0.2) is 5.78 Å². The topological polar surface area (TPSA) is 40.5 Å². The van der Waals surface area contributed by atoms with Gasteiger partial charge in [-0.2, -0.15) is 0 Å². The zero-order valence-electron chi connectivity index (χ0n) is 12.6. The Balaban J connectivity index is 2.19. The molecule has 0 spiro atoms. The molecule has 21 heavy (non-hydrogen) atoms. The van der Waals surface area contributed by atoms with Gasteiger partial charge in [0, 0.05) is 29.4 Å². The number of benzene rings is 1. The molecule has 0 atom stereocenters. The van der Waals surface area contributed by atoms with Crippen LogP contribution >= 0.6 is 0 Å². The molecule has 0 unspecified atom stereocenters. The highest BCUT2D eigenvalue weighted by Gasteiger charge is 2.24. The summed E-state index contributed by atoms with van der Waals surface area (Å²) in [5.41, 5.74) is 3.95. The summed E-state index contributed by atoms with van der Waals surface area (Å²) >= 11 is 0. The van der Waals surface area contributed by atoms with E-state index in [1.807, 2.05) is 31.2 Å². The molecule has 0 fully saturated rings. The van der Waals surface area contributed by atoms with Crippen molar-refractivity contribution in [3.05, 3.63) is 41.2 Å². The lowest BCUT2D eigenvalue weighted by Crippen LogP contribution is -2.13. The molecule has 4 heteroatoms. The van der Waals surface area contributed by atoms with Crippen molar-refractivity contribution in [2.45, 2.75) is 26.2 Å². The van der Waals surface area contributed by atoms with E-state index in [9.17, 15) is 4.79 Å². The van der Waals surface area contributed by atoms with Crippen molar-refractivity contribution in [1.29, 1.82) is 0 Å². The second-order valence-corrected chi connectivity index (χ2v) is 5.30. The Labute approximate surface area is 124 Å². The van der Waals surface area contributed by atoms with Gasteiger partial charge in [-0.15, -0.1) is 0 Å². The van der Waals surface area contributed by atoms with Crippen LogP contribution in [0.5, 0.6) is 11.5 Å². The molecule has 0 aliphatic heterocycles. The molecule has 2 aromatic rings. The molecule has 0 saturated heterocycles. The number of hydrogen-bond donors (Lipinski definition) is 0. The Kier molecular flexibility index (Phi) is 3.45. The van der Waals surface area contributed by atoms with E-state index >= 15 is 0 Å². The van der Waals surface area contributed by atoms with Crippen molar-refractivity contribution in [2.24, 2.45) is 0 Å². The molecule has 1 aromatic carbocycles. The van der Waals surface area contributed by atoms with Crippen LogP contribution in [0, 0.1) is 6.92 Å². The van der Waals surface area contributed by atoms with Gasteiger partial charge in [-0.05, 0) is 38.0 Å². The summed E-state index contributed by atoms with van der Waals surface area (Å²) < 4.78 is 12.9. The Morgan fingerprint density at radius 3 is 2.62 bits per heavy atom. The number of hydrogen-bond acceptors (Lipinski definition) is 3. The van der Waals surface area contributed by atoms with Crippen LogP contribution in [-0.4, -0.2) is 24.6 Å². The van der Waals surface area contributed by atoms with E-state index in [1.165, 1.54) is 0 Å². The monoisotopic (exact) mass is 285 g/mol. The largest absolute Gasteiger partial charge is 0.497 e. The molecular weight excluding hydrogens is 266 g/mol. The molecule has 1 heterocycles. The quantitative estimate of drug-likeness (QED) is 0.868. The summed E-state index contributed by atoms with van der Waals surface area (Å²) in [5, 5.41) is 0. The lowest BCUT2D eigenvalue weighted by molar-refractivity contribution is 0.0972. The molecule has 0 radical (unpaired) electrons. The maximum Gasteiger partial charge on any atom is 0.164 e. The minimum Gasteiger partial charge on any atom is -0.497 e. The molecular formula is C17H19NO3. The number of aromatic nitrogens is 1. The first kappa shape index (κ1) is 13.7. The number of fused-ring (bicyclic) bond motifs is 1. The van der Waals surface area contributed by atoms with Gasteiger partial charge in [0.2, 0.25) is 0 Å². The van der Waals surface area contributed by atoms with Crippen LogP contribution in [0.2, 0.25) is 0 Å². The summed E-state index contributed by atoms with van der Waals surface area (Å²) in [6.07, 6.45) is 2.48. The van der Waals surface area contributed by atoms with Crippen molar-refractivity contribution in [2.75, 3.05) is 14.2 Å². The average Bonchev–Trinajstić information content (AvgIpc) is 2.84. The maximum absolute atomic E-state index is 12.1. The number of methoxy groups -OCH3 is 2. The zero-order chi connectivity index (χ0) is 15.0. The van der Waals surface area contributed by atoms with Crippen molar-refractivity contribution in [3.63, 3.8) is 0 Å². The molecule has 0 amide bonds. The summed E-state index contributed by atoms with van der Waals surface area (Å²) in [7, 11) is 3.28. The minimum absolute atomic E-state index is 0.241. The molecule has 110 valence electrons. The third-order valence-electron chi connectivity index (χ3n) is 4.03. The highest BCUT2D eigenvalue weighted by Crippen LogP contribution is 2.34. The van der Waals surface area contributed by atoms with Gasteiger partial charge in [-0.25, -0.2) is 0 Å². The Hall–Kier alpha value is -2.23. The predicted octanol–water partition coefficient (Wildman–Crippen LogP) is 3.32. The number of nitrogens with zero attached hydrogens (tertiary/aromatic N) is 1. The summed E-state index contributed by atoms with van der Waals surface area (Å²) in [6, 6.07) is 7.74. The molecule has 3 rings (SSSR count). The molecule has 1 aliphatic carbocycles. The van der Waals surface area contributed by atoms with E-state index in [0.29, 0.717) is 6.42 Å². The van der Waals surface area contributed by atoms with Crippen LogP contribution in [0.15, 0.2) is 24.3 Å². The molecule has 1 aliphatic rings. The van der Waals surface area contributed by atoms with Gasteiger partial charge in [-0.3, -0.25) is 4.79 Å². The van der Waals surface area contributed by atoms with Gasteiger partial charge in [0.05, 0.1) is 19.9 Å². The van der Waals surface area contributed by atoms with Crippen molar-refractivity contribution >= 4 is 5.78 Å². The average molecular weight is 285 g/mol. The van der Waals surface area contributed by atoms with E-state index < -0.39 is 0 Å². The zero-order valence-corrected chi connectivity index (χ0v) is 12.6. The number of ether oxygens (including phenoxy) is 2. The van der Waals surface area contributed by atoms with Crippen LogP contribution in [0.25, 0.3) is 5.69 Å². The van der Waals surface area contributed by atoms with E-state index in [2.05, 4.69) is 4.57 Å². The molecule has 4 nitrogen and oxygen atoms in total. The standard InChI is InChI=1S/C17H19NO3/c1-11-9-13-14(5-4-6-16(13)19)18(11)15-8-7-12(20-2)10-17(15)21-3/h7-10H,4-6H2,1-3H3. The van der Waals surface area contributed by atoms with E-state index in [1.54, 1.807) is 14.2 Å². The predicted molar refractivity (Wildman–Crippen MR) is 80.9 cm³/mol. The Morgan fingerprint density at radius 1 is 1.10 bits per heavy atom. The maximum atomic E-state index is 12.1. The van der Waals surface area contributed by atoms with Gasteiger partial charge in [-0.1, -0.05) is 0 Å². The van der Waals surface area contributed by atoms with Gasteiger partial charge in [0.1, 0.15) is 11.5 Å². The highest BCUT2D eigenvalue weighted by atomic mass is 16.5. The SMILES string of the molecule is COc1ccc(-n2c(C)cc3c2CCCC3=O)c(OC)c1. The van der Waals surface area contributed by atoms with Gasteiger partial charge >= 0.3 is 0 Å². The van der Waals surface area contributed by atoms with Crippen LogP contribution in [-0.2, 0) is 6.42 Å². The molecule has 0 N–H and O–H groups in total. The lowest BCUT2D eigenvalue weighted by atomic mass is 9.96. The molecule has 1 aromatic heterocycles. The van der Waals surface area contributed by atoms with Crippen LogP contribution in [0.4, 0.5) is 0 Å². The number of ketones is 1. The first-order valence-corrected chi connectivity index (χ1v) is 7.12. The Morgan fingerprint density at radius 2 is 1.90 bits per heavy atom. The fourth-order valence-corrected chi connectivity index (χ4v) is 3.03. The summed E-state index contributed by atoms with van der Waals surface area (Å²) in [5.74, 6) is 1.74. The lowest BCUT2D eigenvalue weighted by Gasteiger charge is -2.18. The highest BCUT2D eigenvalue weighted by molar-refractivity contribution is 5.98. The van der Waals surface area contributed by atoms with Crippen molar-refractivity contribution in [3.8, 4) is 17.2 Å². The number of carbonyl (C=O) groups is 1. The minimum atomic E-state index is 0.241. The second-order valence-electron chi connectivity index (χ2n) is 5.30. The first-order chi connectivity index (χ1) is 10.2. The Bertz CT molecular complexity index is 700. The smallest absolute Gasteiger partial charge is 0.164 e.